The monoisotopic (exact) mass is 380 g/mol. The zero-order valence-electron chi connectivity index (χ0n) is 15.9. The molecule has 0 spiro atoms. The molecule has 0 unspecified atom stereocenters. The Hall–Kier alpha value is -3.41. The molecule has 3 aromatic rings. The molecule has 5 nitrogen and oxygen atoms in total. The highest BCUT2D eigenvalue weighted by atomic mass is 19.1. The molecular formula is C22H21FN2O3. The third-order valence-corrected chi connectivity index (χ3v) is 4.43. The first kappa shape index (κ1) is 19.4. The third kappa shape index (κ3) is 4.28. The van der Waals surface area contributed by atoms with Crippen LogP contribution in [0.25, 0.3) is 0 Å². The van der Waals surface area contributed by atoms with Gasteiger partial charge in [0, 0.05) is 23.0 Å². The van der Waals surface area contributed by atoms with Crippen LogP contribution in [0.2, 0.25) is 0 Å². The number of ketones is 1. The summed E-state index contributed by atoms with van der Waals surface area (Å²) >= 11 is 0. The van der Waals surface area contributed by atoms with E-state index in [1.807, 2.05) is 0 Å². The van der Waals surface area contributed by atoms with Crippen molar-refractivity contribution in [2.45, 2.75) is 27.4 Å². The SMILES string of the molecule is CC(=O)c1c(C)[nH]c(C(=O)Nc2cccc(OCc3ccc(F)cc3)c2)c1C. The van der Waals surface area contributed by atoms with Crippen LogP contribution in [-0.2, 0) is 6.61 Å². The molecule has 0 aliphatic rings. The quantitative estimate of drug-likeness (QED) is 0.603. The van der Waals surface area contributed by atoms with Crippen molar-refractivity contribution in [2.75, 3.05) is 5.32 Å². The fourth-order valence-corrected chi connectivity index (χ4v) is 3.11. The average Bonchev–Trinajstić information content (AvgIpc) is 2.96. The predicted molar refractivity (Wildman–Crippen MR) is 105 cm³/mol. The third-order valence-electron chi connectivity index (χ3n) is 4.43. The van der Waals surface area contributed by atoms with E-state index < -0.39 is 0 Å². The minimum absolute atomic E-state index is 0.0820. The molecule has 0 aliphatic heterocycles. The van der Waals surface area contributed by atoms with Gasteiger partial charge in [-0.05, 0) is 56.2 Å². The molecule has 0 bridgehead atoms. The molecule has 2 aromatic carbocycles. The predicted octanol–water partition coefficient (Wildman–Crippen LogP) is 4.80. The second-order valence-electron chi connectivity index (χ2n) is 6.58. The van der Waals surface area contributed by atoms with Gasteiger partial charge >= 0.3 is 0 Å². The van der Waals surface area contributed by atoms with Crippen LogP contribution in [0.3, 0.4) is 0 Å². The van der Waals surface area contributed by atoms with Crippen molar-refractivity contribution in [2.24, 2.45) is 0 Å². The molecule has 0 fully saturated rings. The van der Waals surface area contributed by atoms with Crippen LogP contribution >= 0.6 is 0 Å². The summed E-state index contributed by atoms with van der Waals surface area (Å²) < 4.78 is 18.7. The number of benzene rings is 2. The summed E-state index contributed by atoms with van der Waals surface area (Å²) in [7, 11) is 0. The van der Waals surface area contributed by atoms with E-state index in [2.05, 4.69) is 10.3 Å². The molecule has 0 aliphatic carbocycles. The number of Topliss-reactive ketones (excluding diaryl/α,β-unsaturated/α-hetero) is 1. The van der Waals surface area contributed by atoms with E-state index >= 15 is 0 Å². The lowest BCUT2D eigenvalue weighted by molar-refractivity contribution is 0.101. The highest BCUT2D eigenvalue weighted by molar-refractivity contribution is 6.07. The standard InChI is InChI=1S/C22H21FN2O3/c1-13-20(15(3)26)14(2)24-21(13)22(27)25-18-5-4-6-19(11-18)28-12-16-7-9-17(23)10-8-16/h4-11,24H,12H2,1-3H3,(H,25,27). The fraction of sp³-hybridized carbons (Fsp3) is 0.182. The van der Waals surface area contributed by atoms with Crippen molar-refractivity contribution in [1.29, 1.82) is 0 Å². The number of rotatable bonds is 6. The van der Waals surface area contributed by atoms with Crippen molar-refractivity contribution in [1.82, 2.24) is 4.98 Å². The Morgan fingerprint density at radius 3 is 2.46 bits per heavy atom. The Morgan fingerprint density at radius 2 is 1.82 bits per heavy atom. The first-order valence-electron chi connectivity index (χ1n) is 8.84. The van der Waals surface area contributed by atoms with E-state index in [0.29, 0.717) is 34.0 Å². The normalized spacial score (nSPS) is 10.6. The van der Waals surface area contributed by atoms with E-state index in [4.69, 9.17) is 4.74 Å². The lowest BCUT2D eigenvalue weighted by atomic mass is 10.1. The largest absolute Gasteiger partial charge is 0.489 e. The van der Waals surface area contributed by atoms with Crippen LogP contribution in [0.1, 0.15) is 44.6 Å². The Kier molecular flexibility index (Phi) is 5.59. The fourth-order valence-electron chi connectivity index (χ4n) is 3.11. The maximum absolute atomic E-state index is 13.0. The van der Waals surface area contributed by atoms with Crippen LogP contribution < -0.4 is 10.1 Å². The number of H-pyrrole nitrogens is 1. The Labute approximate surface area is 162 Å². The second kappa shape index (κ2) is 8.08. The van der Waals surface area contributed by atoms with Crippen molar-refractivity contribution >= 4 is 17.4 Å². The summed E-state index contributed by atoms with van der Waals surface area (Å²) in [5, 5.41) is 2.81. The first-order valence-corrected chi connectivity index (χ1v) is 8.84. The summed E-state index contributed by atoms with van der Waals surface area (Å²) in [6, 6.07) is 13.1. The number of amides is 1. The van der Waals surface area contributed by atoms with Gasteiger partial charge in [0.05, 0.1) is 0 Å². The van der Waals surface area contributed by atoms with E-state index in [9.17, 15) is 14.0 Å². The zero-order chi connectivity index (χ0) is 20.3. The maximum atomic E-state index is 13.0. The summed E-state index contributed by atoms with van der Waals surface area (Å²) in [6.07, 6.45) is 0. The van der Waals surface area contributed by atoms with E-state index in [-0.39, 0.29) is 24.1 Å². The molecule has 6 heteroatoms. The molecule has 2 N–H and O–H groups in total. The van der Waals surface area contributed by atoms with Crippen molar-refractivity contribution < 1.29 is 18.7 Å². The molecule has 0 saturated carbocycles. The van der Waals surface area contributed by atoms with Crippen LogP contribution in [0.5, 0.6) is 5.75 Å². The molecule has 0 saturated heterocycles. The smallest absolute Gasteiger partial charge is 0.272 e. The summed E-state index contributed by atoms with van der Waals surface area (Å²) in [4.78, 5) is 27.3. The van der Waals surface area contributed by atoms with E-state index in [1.54, 1.807) is 50.2 Å². The number of aryl methyl sites for hydroxylation is 1. The van der Waals surface area contributed by atoms with Gasteiger partial charge in [-0.15, -0.1) is 0 Å². The van der Waals surface area contributed by atoms with Crippen LogP contribution in [-0.4, -0.2) is 16.7 Å². The summed E-state index contributed by atoms with van der Waals surface area (Å²) in [6.45, 7) is 5.28. The molecule has 28 heavy (non-hydrogen) atoms. The number of hydrogen-bond acceptors (Lipinski definition) is 3. The van der Waals surface area contributed by atoms with Crippen molar-refractivity contribution in [3.63, 3.8) is 0 Å². The van der Waals surface area contributed by atoms with E-state index in [1.165, 1.54) is 19.1 Å². The lowest BCUT2D eigenvalue weighted by Gasteiger charge is -2.09. The lowest BCUT2D eigenvalue weighted by Crippen LogP contribution is -2.14. The number of halogens is 1. The minimum atomic E-state index is -0.330. The topological polar surface area (TPSA) is 71.2 Å². The van der Waals surface area contributed by atoms with Gasteiger partial charge < -0.3 is 15.0 Å². The van der Waals surface area contributed by atoms with E-state index in [0.717, 1.165) is 5.56 Å². The number of aromatic amines is 1. The highest BCUT2D eigenvalue weighted by Gasteiger charge is 2.19. The number of aromatic nitrogens is 1. The highest BCUT2D eigenvalue weighted by Crippen LogP contribution is 2.22. The van der Waals surface area contributed by atoms with Gasteiger partial charge in [0.25, 0.3) is 5.91 Å². The maximum Gasteiger partial charge on any atom is 0.272 e. The molecule has 1 heterocycles. The van der Waals surface area contributed by atoms with Gasteiger partial charge in [-0.1, -0.05) is 18.2 Å². The Balaban J connectivity index is 1.70. The van der Waals surface area contributed by atoms with Gasteiger partial charge in [-0.3, -0.25) is 9.59 Å². The number of nitrogens with one attached hydrogen (secondary N) is 2. The molecule has 0 radical (unpaired) electrons. The number of anilines is 1. The van der Waals surface area contributed by atoms with Crippen molar-refractivity contribution in [3.05, 3.63) is 82.4 Å². The van der Waals surface area contributed by atoms with Crippen molar-refractivity contribution in [3.8, 4) is 5.75 Å². The molecule has 1 aromatic heterocycles. The Bertz CT molecular complexity index is 1020. The average molecular weight is 380 g/mol. The molecular weight excluding hydrogens is 359 g/mol. The molecule has 0 atom stereocenters. The number of carbonyl (C=O) groups excluding carboxylic acids is 2. The van der Waals surface area contributed by atoms with Crippen LogP contribution in [0.4, 0.5) is 10.1 Å². The minimum Gasteiger partial charge on any atom is -0.489 e. The summed E-state index contributed by atoms with van der Waals surface area (Å²) in [5.74, 6) is -0.132. The van der Waals surface area contributed by atoms with Gasteiger partial charge in [-0.2, -0.15) is 0 Å². The first-order chi connectivity index (χ1) is 13.3. The van der Waals surface area contributed by atoms with Gasteiger partial charge in [0.2, 0.25) is 0 Å². The van der Waals surface area contributed by atoms with Crippen LogP contribution in [0, 0.1) is 19.7 Å². The number of ether oxygens (including phenoxy) is 1. The van der Waals surface area contributed by atoms with Gasteiger partial charge in [-0.25, -0.2) is 4.39 Å². The van der Waals surface area contributed by atoms with Crippen LogP contribution in [0.15, 0.2) is 48.5 Å². The number of carbonyl (C=O) groups is 2. The molecule has 144 valence electrons. The zero-order valence-corrected chi connectivity index (χ0v) is 15.9. The van der Waals surface area contributed by atoms with Gasteiger partial charge in [0.1, 0.15) is 23.9 Å². The number of hydrogen-bond donors (Lipinski definition) is 2. The Morgan fingerprint density at radius 1 is 1.11 bits per heavy atom. The summed E-state index contributed by atoms with van der Waals surface area (Å²) in [5.41, 5.74) is 3.61. The van der Waals surface area contributed by atoms with Gasteiger partial charge in [0.15, 0.2) is 5.78 Å². The second-order valence-corrected chi connectivity index (χ2v) is 6.58. The molecule has 1 amide bonds. The molecule has 3 rings (SSSR count).